The number of urea groups is 1. The molecule has 186 valence electrons. The van der Waals surface area contributed by atoms with Gasteiger partial charge in [0.25, 0.3) is 0 Å². The highest BCUT2D eigenvalue weighted by atomic mass is 19.1. The van der Waals surface area contributed by atoms with Crippen molar-refractivity contribution in [2.75, 3.05) is 24.5 Å². The zero-order valence-corrected chi connectivity index (χ0v) is 20.5. The number of halogens is 1. The molecule has 2 aromatic rings. The molecule has 35 heavy (non-hydrogen) atoms. The second kappa shape index (κ2) is 8.07. The quantitative estimate of drug-likeness (QED) is 0.697. The molecule has 4 amide bonds. The van der Waals surface area contributed by atoms with Crippen LogP contribution in [0.5, 0.6) is 0 Å². The Kier molecular flexibility index (Phi) is 5.37. The number of aromatic nitrogens is 2. The number of benzene rings is 1. The number of nitrogens with zero attached hydrogens (tertiary/aromatic N) is 4. The molecule has 1 N–H and O–H groups in total. The zero-order valence-electron chi connectivity index (χ0n) is 20.5. The molecule has 1 spiro atoms. The monoisotopic (exact) mass is 483 g/mol. The topological polar surface area (TPSA) is 96.8 Å². The average Bonchev–Trinajstić information content (AvgIpc) is 3.05. The standard InChI is InChI=1S/C25H30FN5O4/c1-24(2,3)35-23(34)30-9-6-25(7-10-30)13-15(14-25)16-12-19-17(11-18(16)26)21(28-29(19)4)31-8-5-20(32)27-22(31)33/h11-13H,5-10,14H2,1-4H3,(H,27,32,33). The first kappa shape index (κ1) is 23.3. The minimum Gasteiger partial charge on any atom is -0.444 e. The van der Waals surface area contributed by atoms with Gasteiger partial charge in [0, 0.05) is 44.1 Å². The molecule has 3 aliphatic rings. The van der Waals surface area contributed by atoms with Gasteiger partial charge in [-0.1, -0.05) is 6.08 Å². The number of hydrogen-bond donors (Lipinski definition) is 1. The summed E-state index contributed by atoms with van der Waals surface area (Å²) in [5.41, 5.74) is 1.64. The summed E-state index contributed by atoms with van der Waals surface area (Å²) in [6.45, 7) is 7.01. The van der Waals surface area contributed by atoms with E-state index in [4.69, 9.17) is 4.74 Å². The van der Waals surface area contributed by atoms with Crippen molar-refractivity contribution in [1.82, 2.24) is 20.0 Å². The van der Waals surface area contributed by atoms with E-state index in [1.165, 1.54) is 11.0 Å². The van der Waals surface area contributed by atoms with E-state index in [1.807, 2.05) is 20.8 Å². The van der Waals surface area contributed by atoms with Gasteiger partial charge in [0.05, 0.1) is 5.52 Å². The van der Waals surface area contributed by atoms with Crippen molar-refractivity contribution in [3.05, 3.63) is 29.6 Å². The second-order valence-corrected chi connectivity index (χ2v) is 10.7. The Balaban J connectivity index is 1.34. The van der Waals surface area contributed by atoms with Crippen molar-refractivity contribution < 1.29 is 23.5 Å². The van der Waals surface area contributed by atoms with Crippen LogP contribution in [0.25, 0.3) is 16.5 Å². The first-order chi connectivity index (χ1) is 16.4. The molecule has 1 aromatic carbocycles. The number of likely N-dealkylation sites (tertiary alicyclic amines) is 1. The highest BCUT2D eigenvalue weighted by Gasteiger charge is 2.42. The summed E-state index contributed by atoms with van der Waals surface area (Å²) in [6, 6.07) is 2.66. The molecule has 3 heterocycles. The van der Waals surface area contributed by atoms with Crippen LogP contribution in [0.2, 0.25) is 0 Å². The molecule has 10 heteroatoms. The van der Waals surface area contributed by atoms with E-state index >= 15 is 4.39 Å². The third-order valence-electron chi connectivity index (χ3n) is 7.01. The third-order valence-corrected chi connectivity index (χ3v) is 7.01. The normalized spacial score (nSPS) is 20.1. The molecule has 2 aliphatic heterocycles. The molecule has 1 aliphatic carbocycles. The van der Waals surface area contributed by atoms with Crippen LogP contribution < -0.4 is 10.2 Å². The van der Waals surface area contributed by atoms with Crippen molar-refractivity contribution >= 4 is 40.3 Å². The maximum Gasteiger partial charge on any atom is 0.410 e. The van der Waals surface area contributed by atoms with Crippen molar-refractivity contribution in [1.29, 1.82) is 0 Å². The fourth-order valence-corrected chi connectivity index (χ4v) is 5.15. The van der Waals surface area contributed by atoms with Crippen LogP contribution in [0, 0.1) is 11.2 Å². The van der Waals surface area contributed by atoms with Gasteiger partial charge < -0.3 is 9.64 Å². The minimum absolute atomic E-state index is 0.0225. The van der Waals surface area contributed by atoms with Crippen molar-refractivity contribution in [3.8, 4) is 0 Å². The van der Waals surface area contributed by atoms with E-state index in [9.17, 15) is 14.4 Å². The Morgan fingerprint density at radius 1 is 1.17 bits per heavy atom. The van der Waals surface area contributed by atoms with Gasteiger partial charge in [0.15, 0.2) is 5.82 Å². The Hall–Kier alpha value is -3.43. The highest BCUT2D eigenvalue weighted by Crippen LogP contribution is 2.51. The van der Waals surface area contributed by atoms with Gasteiger partial charge in [-0.3, -0.25) is 19.7 Å². The van der Waals surface area contributed by atoms with Crippen molar-refractivity contribution in [3.63, 3.8) is 0 Å². The van der Waals surface area contributed by atoms with E-state index in [2.05, 4.69) is 16.5 Å². The number of aryl methyl sites for hydroxylation is 1. The number of anilines is 1. The summed E-state index contributed by atoms with van der Waals surface area (Å²) in [5, 5.41) is 7.25. The summed E-state index contributed by atoms with van der Waals surface area (Å²) in [6.07, 6.45) is 4.41. The van der Waals surface area contributed by atoms with Crippen molar-refractivity contribution in [2.45, 2.75) is 52.1 Å². The van der Waals surface area contributed by atoms with Crippen LogP contribution >= 0.6 is 0 Å². The smallest absolute Gasteiger partial charge is 0.410 e. The second-order valence-electron chi connectivity index (χ2n) is 10.7. The Morgan fingerprint density at radius 3 is 2.49 bits per heavy atom. The molecular formula is C25H30FN5O4. The summed E-state index contributed by atoms with van der Waals surface area (Å²) in [7, 11) is 1.75. The van der Waals surface area contributed by atoms with E-state index < -0.39 is 11.6 Å². The van der Waals surface area contributed by atoms with Crippen LogP contribution in [0.3, 0.4) is 0 Å². The molecule has 1 aromatic heterocycles. The summed E-state index contributed by atoms with van der Waals surface area (Å²) in [5.74, 6) is -0.359. The predicted molar refractivity (Wildman–Crippen MR) is 128 cm³/mol. The van der Waals surface area contributed by atoms with Gasteiger partial charge in [-0.05, 0) is 63.2 Å². The zero-order chi connectivity index (χ0) is 25.1. The molecule has 0 unspecified atom stereocenters. The van der Waals surface area contributed by atoms with Crippen LogP contribution in [0.4, 0.5) is 19.8 Å². The Morgan fingerprint density at radius 2 is 1.86 bits per heavy atom. The van der Waals surface area contributed by atoms with Crippen LogP contribution in [0.15, 0.2) is 18.2 Å². The molecule has 0 radical (unpaired) electrons. The van der Waals surface area contributed by atoms with Crippen LogP contribution in [0.1, 0.15) is 52.0 Å². The number of carbonyl (C=O) groups excluding carboxylic acids is 3. The lowest BCUT2D eigenvalue weighted by Gasteiger charge is -2.46. The minimum atomic E-state index is -0.549. The molecule has 5 rings (SSSR count). The van der Waals surface area contributed by atoms with Gasteiger partial charge >= 0.3 is 12.1 Å². The maximum absolute atomic E-state index is 15.3. The number of allylic oxidation sites excluding steroid dienone is 2. The lowest BCUT2D eigenvalue weighted by Crippen LogP contribution is -2.49. The number of ether oxygens (including phenoxy) is 1. The number of rotatable bonds is 2. The third kappa shape index (κ3) is 4.26. The number of imide groups is 1. The summed E-state index contributed by atoms with van der Waals surface area (Å²) >= 11 is 0. The SMILES string of the molecule is Cn1nc(N2CCC(=O)NC2=O)c2cc(F)c(C3=CC4(CCN(C(=O)OC(C)(C)C)CC4)C3)cc21. The number of hydrogen-bond acceptors (Lipinski definition) is 5. The van der Waals surface area contributed by atoms with E-state index in [0.29, 0.717) is 35.4 Å². The molecule has 0 atom stereocenters. The summed E-state index contributed by atoms with van der Waals surface area (Å²) in [4.78, 5) is 39.3. The summed E-state index contributed by atoms with van der Waals surface area (Å²) < 4.78 is 22.4. The molecule has 9 nitrogen and oxygen atoms in total. The van der Waals surface area contributed by atoms with Gasteiger partial charge in [-0.25, -0.2) is 14.0 Å². The maximum atomic E-state index is 15.3. The lowest BCUT2D eigenvalue weighted by atomic mass is 9.64. The number of carbonyl (C=O) groups is 3. The van der Waals surface area contributed by atoms with Crippen molar-refractivity contribution in [2.24, 2.45) is 12.5 Å². The average molecular weight is 484 g/mol. The van der Waals surface area contributed by atoms with Gasteiger partial charge in [0.1, 0.15) is 11.4 Å². The lowest BCUT2D eigenvalue weighted by molar-refractivity contribution is -0.120. The van der Waals surface area contributed by atoms with Gasteiger partial charge in [-0.2, -0.15) is 5.10 Å². The fourth-order valence-electron chi connectivity index (χ4n) is 5.15. The molecule has 0 bridgehead atoms. The van der Waals surface area contributed by atoms with Crippen LogP contribution in [-0.2, 0) is 16.6 Å². The Bertz CT molecular complexity index is 1270. The molecule has 2 saturated heterocycles. The van der Waals surface area contributed by atoms with E-state index in [-0.39, 0.29) is 36.2 Å². The number of piperidine rings is 1. The first-order valence-electron chi connectivity index (χ1n) is 11.9. The first-order valence-corrected chi connectivity index (χ1v) is 11.9. The fraction of sp³-hybridized carbons (Fsp3) is 0.520. The predicted octanol–water partition coefficient (Wildman–Crippen LogP) is 3.96. The van der Waals surface area contributed by atoms with E-state index in [1.54, 1.807) is 22.7 Å². The van der Waals surface area contributed by atoms with Gasteiger partial charge in [0.2, 0.25) is 5.91 Å². The van der Waals surface area contributed by atoms with E-state index in [0.717, 1.165) is 24.8 Å². The molecular weight excluding hydrogens is 453 g/mol. The van der Waals surface area contributed by atoms with Crippen LogP contribution in [-0.4, -0.2) is 57.9 Å². The Labute approximate surface area is 202 Å². The highest BCUT2D eigenvalue weighted by molar-refractivity contribution is 6.09. The molecule has 0 saturated carbocycles. The number of nitrogens with one attached hydrogen (secondary N) is 1. The largest absolute Gasteiger partial charge is 0.444 e. The molecule has 2 fully saturated rings. The van der Waals surface area contributed by atoms with Gasteiger partial charge in [-0.15, -0.1) is 0 Å². The number of fused-ring (bicyclic) bond motifs is 1. The number of amides is 4.